The smallest absolute Gasteiger partial charge is 0.480 e. The highest BCUT2D eigenvalue weighted by molar-refractivity contribution is 5.77. The number of esters is 2. The van der Waals surface area contributed by atoms with Crippen LogP contribution in [0.2, 0.25) is 0 Å². The van der Waals surface area contributed by atoms with Crippen molar-refractivity contribution in [2.24, 2.45) is 11.7 Å². The molecular weight excluding hydrogens is 446 g/mol. The van der Waals surface area contributed by atoms with E-state index in [2.05, 4.69) is 0 Å². The second-order valence-electron chi connectivity index (χ2n) is 8.31. The van der Waals surface area contributed by atoms with Gasteiger partial charge in [0.05, 0.1) is 0 Å². The predicted molar refractivity (Wildman–Crippen MR) is 123 cm³/mol. The van der Waals surface area contributed by atoms with Gasteiger partial charge in [-0.05, 0) is 43.9 Å². The van der Waals surface area contributed by atoms with Gasteiger partial charge in [0.2, 0.25) is 0 Å². The molecule has 10 heteroatoms. The van der Waals surface area contributed by atoms with E-state index in [9.17, 15) is 24.3 Å². The number of rotatable bonds is 12. The van der Waals surface area contributed by atoms with Gasteiger partial charge >= 0.3 is 24.1 Å². The lowest BCUT2D eigenvalue weighted by atomic mass is 9.87. The minimum absolute atomic E-state index is 0.0237. The first kappa shape index (κ1) is 28.9. The summed E-state index contributed by atoms with van der Waals surface area (Å²) in [6.45, 7) is 10.3. The average Bonchev–Trinajstić information content (AvgIpc) is 2.77. The van der Waals surface area contributed by atoms with E-state index >= 15 is 0 Å². The van der Waals surface area contributed by atoms with Crippen molar-refractivity contribution >= 4 is 24.1 Å². The first-order valence-corrected chi connectivity index (χ1v) is 11.3. The molecule has 4 atom stereocenters. The summed E-state index contributed by atoms with van der Waals surface area (Å²) in [4.78, 5) is 47.4. The summed E-state index contributed by atoms with van der Waals surface area (Å²) in [5.41, 5.74) is 6.35. The van der Waals surface area contributed by atoms with Crippen LogP contribution in [0.5, 0.6) is 11.5 Å². The first-order valence-electron chi connectivity index (χ1n) is 11.3. The number of aliphatic carboxylic acids is 1. The summed E-state index contributed by atoms with van der Waals surface area (Å²) < 4.78 is 21.0. The molecule has 3 unspecified atom stereocenters. The van der Waals surface area contributed by atoms with Gasteiger partial charge in [-0.3, -0.25) is 14.4 Å². The molecule has 0 aromatic heterocycles. The zero-order chi connectivity index (χ0) is 26.0. The van der Waals surface area contributed by atoms with Gasteiger partial charge in [-0.2, -0.15) is 0 Å². The Balaban J connectivity index is 3.21. The van der Waals surface area contributed by atoms with Crippen molar-refractivity contribution in [3.63, 3.8) is 0 Å². The van der Waals surface area contributed by atoms with Crippen LogP contribution in [0.15, 0.2) is 18.2 Å². The standard InChI is InChI=1S/C24H35NO9/c1-7-20(26)33-18-10-9-16(12-19(18)34-21(27)8-2)17(22(25)23(28)29)11-14(5)31-24(30)32-15(6)13(3)4/h9-10,12-15,17,22H,7-8,11,25H2,1-6H3,(H,28,29)/t14?,15?,17?,22-/m0/s1. The summed E-state index contributed by atoms with van der Waals surface area (Å²) in [6.07, 6.45) is -1.72. The van der Waals surface area contributed by atoms with Crippen LogP contribution >= 0.6 is 0 Å². The van der Waals surface area contributed by atoms with Gasteiger partial charge in [-0.15, -0.1) is 0 Å². The van der Waals surface area contributed by atoms with E-state index in [1.165, 1.54) is 18.2 Å². The Kier molecular flexibility index (Phi) is 11.5. The number of benzene rings is 1. The van der Waals surface area contributed by atoms with Crippen LogP contribution in [0, 0.1) is 5.92 Å². The van der Waals surface area contributed by atoms with Crippen molar-refractivity contribution in [1.29, 1.82) is 0 Å². The van der Waals surface area contributed by atoms with E-state index in [4.69, 9.17) is 24.7 Å². The van der Waals surface area contributed by atoms with E-state index < -0.39 is 42.1 Å². The van der Waals surface area contributed by atoms with Crippen LogP contribution in [0.3, 0.4) is 0 Å². The Morgan fingerprint density at radius 3 is 1.97 bits per heavy atom. The molecule has 1 aromatic rings. The lowest BCUT2D eigenvalue weighted by Crippen LogP contribution is -2.38. The van der Waals surface area contributed by atoms with Crippen LogP contribution in [0.1, 0.15) is 72.3 Å². The lowest BCUT2D eigenvalue weighted by molar-refractivity contribution is -0.139. The number of ether oxygens (including phenoxy) is 4. The molecule has 0 aliphatic heterocycles. The van der Waals surface area contributed by atoms with Crippen molar-refractivity contribution in [3.05, 3.63) is 23.8 Å². The Morgan fingerprint density at radius 1 is 0.912 bits per heavy atom. The second kappa shape index (κ2) is 13.5. The van der Waals surface area contributed by atoms with Crippen LogP contribution in [0.25, 0.3) is 0 Å². The Morgan fingerprint density at radius 2 is 1.47 bits per heavy atom. The maximum absolute atomic E-state index is 12.1. The summed E-state index contributed by atoms with van der Waals surface area (Å²) in [5.74, 6) is -3.09. The molecule has 0 amide bonds. The molecule has 0 spiro atoms. The van der Waals surface area contributed by atoms with Crippen molar-refractivity contribution in [2.75, 3.05) is 0 Å². The molecule has 0 saturated carbocycles. The highest BCUT2D eigenvalue weighted by Gasteiger charge is 2.30. The minimum atomic E-state index is -1.35. The van der Waals surface area contributed by atoms with Crippen molar-refractivity contribution in [1.82, 2.24) is 0 Å². The van der Waals surface area contributed by atoms with Crippen LogP contribution in [-0.4, -0.2) is 47.4 Å². The fourth-order valence-electron chi connectivity index (χ4n) is 2.86. The normalized spacial score (nSPS) is 14.5. The molecule has 0 aliphatic carbocycles. The summed E-state index contributed by atoms with van der Waals surface area (Å²) in [7, 11) is 0. The van der Waals surface area contributed by atoms with E-state index in [1.54, 1.807) is 27.7 Å². The summed E-state index contributed by atoms with van der Waals surface area (Å²) >= 11 is 0. The van der Waals surface area contributed by atoms with Crippen LogP contribution in [0.4, 0.5) is 4.79 Å². The highest BCUT2D eigenvalue weighted by Crippen LogP contribution is 2.35. The van der Waals surface area contributed by atoms with E-state index in [0.717, 1.165) is 0 Å². The fraction of sp³-hybridized carbons (Fsp3) is 0.583. The molecule has 190 valence electrons. The van der Waals surface area contributed by atoms with Crippen LogP contribution < -0.4 is 15.2 Å². The van der Waals surface area contributed by atoms with E-state index in [-0.39, 0.29) is 42.8 Å². The topological polar surface area (TPSA) is 151 Å². The molecule has 0 aliphatic rings. The Labute approximate surface area is 199 Å². The number of carbonyl (C=O) groups excluding carboxylic acids is 3. The van der Waals surface area contributed by atoms with Gasteiger partial charge < -0.3 is 29.8 Å². The van der Waals surface area contributed by atoms with Crippen molar-refractivity contribution < 1.29 is 43.2 Å². The molecule has 0 fully saturated rings. The Hall–Kier alpha value is -3.14. The maximum atomic E-state index is 12.1. The molecule has 0 radical (unpaired) electrons. The number of nitrogens with two attached hydrogens (primary N) is 1. The van der Waals surface area contributed by atoms with E-state index in [0.29, 0.717) is 5.56 Å². The number of hydrogen-bond acceptors (Lipinski definition) is 9. The number of carboxylic acid groups (broad SMARTS) is 1. The first-order chi connectivity index (χ1) is 15.9. The molecule has 0 bridgehead atoms. The Bertz CT molecular complexity index is 868. The highest BCUT2D eigenvalue weighted by atomic mass is 16.7. The van der Waals surface area contributed by atoms with Gasteiger partial charge in [-0.1, -0.05) is 33.8 Å². The number of hydrogen-bond donors (Lipinski definition) is 2. The lowest BCUT2D eigenvalue weighted by Gasteiger charge is -2.26. The number of carboxylic acids is 1. The average molecular weight is 482 g/mol. The number of carbonyl (C=O) groups is 4. The molecule has 0 saturated heterocycles. The molecular formula is C24H35NO9. The summed E-state index contributed by atoms with van der Waals surface area (Å²) in [6, 6.07) is 2.99. The minimum Gasteiger partial charge on any atom is -0.480 e. The largest absolute Gasteiger partial charge is 0.508 e. The van der Waals surface area contributed by atoms with E-state index in [1.807, 2.05) is 13.8 Å². The third kappa shape index (κ3) is 9.01. The molecule has 10 nitrogen and oxygen atoms in total. The van der Waals surface area contributed by atoms with Gasteiger partial charge in [-0.25, -0.2) is 4.79 Å². The quantitative estimate of drug-likeness (QED) is 0.333. The van der Waals surface area contributed by atoms with Gasteiger partial charge in [0.15, 0.2) is 11.5 Å². The summed E-state index contributed by atoms with van der Waals surface area (Å²) in [5, 5.41) is 9.53. The monoisotopic (exact) mass is 481 g/mol. The zero-order valence-corrected chi connectivity index (χ0v) is 20.5. The zero-order valence-electron chi connectivity index (χ0n) is 20.5. The van der Waals surface area contributed by atoms with Crippen molar-refractivity contribution in [3.8, 4) is 11.5 Å². The fourth-order valence-corrected chi connectivity index (χ4v) is 2.86. The van der Waals surface area contributed by atoms with Crippen molar-refractivity contribution in [2.45, 2.75) is 85.0 Å². The molecule has 1 rings (SSSR count). The molecule has 34 heavy (non-hydrogen) atoms. The predicted octanol–water partition coefficient (Wildman–Crippen LogP) is 3.79. The molecule has 1 aromatic carbocycles. The van der Waals surface area contributed by atoms with Gasteiger partial charge in [0, 0.05) is 18.8 Å². The van der Waals surface area contributed by atoms with Crippen LogP contribution in [-0.2, 0) is 23.9 Å². The third-order valence-electron chi connectivity index (χ3n) is 5.24. The van der Waals surface area contributed by atoms with Gasteiger partial charge in [0.25, 0.3) is 0 Å². The SMILES string of the molecule is CCC(=O)Oc1ccc(C(CC(C)OC(=O)OC(C)C(C)C)[C@H](N)C(=O)O)cc1OC(=O)CC. The molecule has 0 heterocycles. The molecule has 3 N–H and O–H groups in total. The third-order valence-corrected chi connectivity index (χ3v) is 5.24. The second-order valence-corrected chi connectivity index (χ2v) is 8.31. The van der Waals surface area contributed by atoms with Gasteiger partial charge in [0.1, 0.15) is 18.2 Å². The maximum Gasteiger partial charge on any atom is 0.508 e.